The lowest BCUT2D eigenvalue weighted by Gasteiger charge is -2.01. The average molecular weight is 290 g/mol. The van der Waals surface area contributed by atoms with Crippen LogP contribution in [0.25, 0.3) is 0 Å². The van der Waals surface area contributed by atoms with Crippen LogP contribution < -0.4 is 0 Å². The van der Waals surface area contributed by atoms with Gasteiger partial charge in [-0.15, -0.1) is 5.11 Å². The Bertz CT molecular complexity index is 616. The van der Waals surface area contributed by atoms with Crippen LogP contribution in [-0.4, -0.2) is 5.11 Å². The number of benzene rings is 2. The second kappa shape index (κ2) is 6.92. The highest BCUT2D eigenvalue weighted by molar-refractivity contribution is 5.45. The zero-order chi connectivity index (χ0) is 15.2. The van der Waals surface area contributed by atoms with Gasteiger partial charge in [-0.1, -0.05) is 25.5 Å². The molecule has 0 aliphatic heterocycles. The number of hydrogen-bond acceptors (Lipinski definition) is 3. The van der Waals surface area contributed by atoms with Gasteiger partial charge in [0.15, 0.2) is 17.3 Å². The topological polar surface area (TPSA) is 45.0 Å². The molecule has 5 heteroatoms. The molecule has 0 saturated heterocycles. The first kappa shape index (κ1) is 15.1. The average Bonchev–Trinajstić information content (AvgIpc) is 2.45. The normalized spacial score (nSPS) is 11.2. The van der Waals surface area contributed by atoms with Crippen LogP contribution >= 0.6 is 0 Å². The number of nitrogens with zero attached hydrogens (tertiary/aromatic N) is 2. The molecule has 0 heterocycles. The van der Waals surface area contributed by atoms with Gasteiger partial charge in [-0.2, -0.15) is 5.11 Å². The van der Waals surface area contributed by atoms with Crippen LogP contribution in [-0.2, 0) is 6.42 Å². The Morgan fingerprint density at radius 3 is 2.19 bits per heavy atom. The molecule has 0 aromatic heterocycles. The fourth-order valence-electron chi connectivity index (χ4n) is 1.87. The third-order valence-electron chi connectivity index (χ3n) is 3.02. The molecular formula is C16H16F2N2O. The van der Waals surface area contributed by atoms with E-state index in [1.807, 2.05) is 12.1 Å². The summed E-state index contributed by atoms with van der Waals surface area (Å²) < 4.78 is 26.9. The number of aryl methyl sites for hydroxylation is 1. The predicted octanol–water partition coefficient (Wildman–Crippen LogP) is 5.43. The molecule has 2 rings (SSSR count). The van der Waals surface area contributed by atoms with Gasteiger partial charge in [0.05, 0.1) is 5.69 Å². The van der Waals surface area contributed by atoms with Crippen LogP contribution in [0.3, 0.4) is 0 Å². The number of rotatable bonds is 5. The molecule has 0 atom stereocenters. The molecular weight excluding hydrogens is 274 g/mol. The van der Waals surface area contributed by atoms with Crippen LogP contribution in [0.15, 0.2) is 46.6 Å². The Balaban J connectivity index is 2.14. The van der Waals surface area contributed by atoms with E-state index in [1.54, 1.807) is 12.1 Å². The van der Waals surface area contributed by atoms with Crippen LogP contribution in [0.4, 0.5) is 20.2 Å². The summed E-state index contributed by atoms with van der Waals surface area (Å²) in [5.74, 6) is -2.38. The third-order valence-corrected chi connectivity index (χ3v) is 3.02. The molecule has 0 aliphatic rings. The van der Waals surface area contributed by atoms with Gasteiger partial charge in [-0.25, -0.2) is 8.78 Å². The van der Waals surface area contributed by atoms with Crippen LogP contribution in [0.2, 0.25) is 0 Å². The predicted molar refractivity (Wildman–Crippen MR) is 77.3 cm³/mol. The third kappa shape index (κ3) is 4.08. The number of unbranched alkanes of at least 4 members (excludes halogenated alkanes) is 1. The largest absolute Gasteiger partial charge is 0.508 e. The zero-order valence-corrected chi connectivity index (χ0v) is 11.7. The molecule has 110 valence electrons. The van der Waals surface area contributed by atoms with Crippen molar-refractivity contribution in [3.63, 3.8) is 0 Å². The zero-order valence-electron chi connectivity index (χ0n) is 11.7. The molecule has 0 spiro atoms. The van der Waals surface area contributed by atoms with Gasteiger partial charge in [0, 0.05) is 12.1 Å². The minimum Gasteiger partial charge on any atom is -0.508 e. The van der Waals surface area contributed by atoms with E-state index in [-0.39, 0.29) is 0 Å². The first-order valence-corrected chi connectivity index (χ1v) is 6.79. The molecule has 0 saturated carbocycles. The number of phenolic OH excluding ortho intramolecular Hbond substituents is 1. The molecule has 0 bridgehead atoms. The summed E-state index contributed by atoms with van der Waals surface area (Å²) in [5.41, 5.74) is 1.20. The molecule has 0 fully saturated rings. The van der Waals surface area contributed by atoms with Gasteiger partial charge < -0.3 is 5.11 Å². The van der Waals surface area contributed by atoms with E-state index in [1.165, 1.54) is 5.56 Å². The van der Waals surface area contributed by atoms with Crippen molar-refractivity contribution < 1.29 is 13.9 Å². The Morgan fingerprint density at radius 1 is 1.00 bits per heavy atom. The molecule has 2 aromatic carbocycles. The summed E-state index contributed by atoms with van der Waals surface area (Å²) in [5, 5.41) is 16.4. The summed E-state index contributed by atoms with van der Waals surface area (Å²) >= 11 is 0. The molecule has 2 aromatic rings. The maximum absolute atomic E-state index is 13.5. The minimum absolute atomic E-state index is 0.482. The minimum atomic E-state index is -0.948. The smallest absolute Gasteiger partial charge is 0.157 e. The van der Waals surface area contributed by atoms with Crippen molar-refractivity contribution in [1.29, 1.82) is 0 Å². The van der Waals surface area contributed by atoms with Crippen LogP contribution in [0, 0.1) is 11.6 Å². The lowest BCUT2D eigenvalue weighted by atomic mass is 10.1. The molecule has 0 aliphatic carbocycles. The van der Waals surface area contributed by atoms with E-state index in [0.717, 1.165) is 31.4 Å². The molecule has 0 radical (unpaired) electrons. The summed E-state index contributed by atoms with van der Waals surface area (Å²) in [6, 6.07) is 8.95. The Kier molecular flexibility index (Phi) is 4.98. The van der Waals surface area contributed by atoms with E-state index in [2.05, 4.69) is 17.2 Å². The van der Waals surface area contributed by atoms with E-state index < -0.39 is 23.1 Å². The van der Waals surface area contributed by atoms with Gasteiger partial charge >= 0.3 is 0 Å². The van der Waals surface area contributed by atoms with Crippen molar-refractivity contribution >= 4 is 11.4 Å². The van der Waals surface area contributed by atoms with Crippen molar-refractivity contribution in [2.75, 3.05) is 0 Å². The Hall–Kier alpha value is -2.30. The van der Waals surface area contributed by atoms with Crippen molar-refractivity contribution in [2.24, 2.45) is 10.2 Å². The Morgan fingerprint density at radius 2 is 1.62 bits per heavy atom. The van der Waals surface area contributed by atoms with Crippen molar-refractivity contribution in [3.05, 3.63) is 53.6 Å². The number of halogens is 2. The van der Waals surface area contributed by atoms with Gasteiger partial charge in [-0.05, 0) is 30.5 Å². The summed E-state index contributed by atoms with van der Waals surface area (Å²) in [7, 11) is 0. The Labute approximate surface area is 122 Å². The monoisotopic (exact) mass is 290 g/mol. The van der Waals surface area contributed by atoms with Crippen LogP contribution in [0.1, 0.15) is 25.3 Å². The highest BCUT2D eigenvalue weighted by atomic mass is 19.1. The first-order chi connectivity index (χ1) is 10.1. The standard InChI is InChI=1S/C16H16F2N2O/c1-2-3-4-11-5-7-12(8-6-11)19-20-16-14(17)9-13(21)10-15(16)18/h5-10,21H,2-4H2,1H3. The number of aromatic hydroxyl groups is 1. The number of azo groups is 1. The van der Waals surface area contributed by atoms with Crippen LogP contribution in [0.5, 0.6) is 5.75 Å². The van der Waals surface area contributed by atoms with Gasteiger partial charge in [0.1, 0.15) is 5.75 Å². The van der Waals surface area contributed by atoms with E-state index in [4.69, 9.17) is 5.11 Å². The SMILES string of the molecule is CCCCc1ccc(N=Nc2c(F)cc(O)cc2F)cc1. The van der Waals surface area contributed by atoms with E-state index in [0.29, 0.717) is 5.69 Å². The second-order valence-electron chi connectivity index (χ2n) is 4.73. The number of hydrogen-bond donors (Lipinski definition) is 1. The summed E-state index contributed by atoms with van der Waals surface area (Å²) in [6.45, 7) is 2.13. The fraction of sp³-hybridized carbons (Fsp3) is 0.250. The summed E-state index contributed by atoms with van der Waals surface area (Å²) in [6.07, 6.45) is 3.24. The highest BCUT2D eigenvalue weighted by Gasteiger charge is 2.10. The maximum atomic E-state index is 13.5. The molecule has 0 unspecified atom stereocenters. The molecule has 0 amide bonds. The lowest BCUT2D eigenvalue weighted by Crippen LogP contribution is -1.83. The fourth-order valence-corrected chi connectivity index (χ4v) is 1.87. The first-order valence-electron chi connectivity index (χ1n) is 6.79. The van der Waals surface area contributed by atoms with Gasteiger partial charge in [0.2, 0.25) is 0 Å². The quantitative estimate of drug-likeness (QED) is 0.733. The van der Waals surface area contributed by atoms with Gasteiger partial charge in [0.25, 0.3) is 0 Å². The van der Waals surface area contributed by atoms with Crippen molar-refractivity contribution in [1.82, 2.24) is 0 Å². The lowest BCUT2D eigenvalue weighted by molar-refractivity contribution is 0.461. The molecule has 3 nitrogen and oxygen atoms in total. The van der Waals surface area contributed by atoms with Crippen molar-refractivity contribution in [3.8, 4) is 5.75 Å². The maximum Gasteiger partial charge on any atom is 0.157 e. The van der Waals surface area contributed by atoms with Gasteiger partial charge in [-0.3, -0.25) is 0 Å². The second-order valence-corrected chi connectivity index (χ2v) is 4.73. The number of phenols is 1. The summed E-state index contributed by atoms with van der Waals surface area (Å²) in [4.78, 5) is 0. The van der Waals surface area contributed by atoms with E-state index in [9.17, 15) is 8.78 Å². The molecule has 1 N–H and O–H groups in total. The van der Waals surface area contributed by atoms with E-state index >= 15 is 0 Å². The highest BCUT2D eigenvalue weighted by Crippen LogP contribution is 2.28. The van der Waals surface area contributed by atoms with Crippen molar-refractivity contribution in [2.45, 2.75) is 26.2 Å². The molecule has 21 heavy (non-hydrogen) atoms.